The van der Waals surface area contributed by atoms with E-state index in [2.05, 4.69) is 5.32 Å². The molecule has 3 rings (SSSR count). The number of hydrogen-bond acceptors (Lipinski definition) is 4. The Hall–Kier alpha value is -1.79. The Balaban J connectivity index is 2.17. The molecule has 1 aliphatic rings. The van der Waals surface area contributed by atoms with Gasteiger partial charge >= 0.3 is 11.7 Å². The zero-order valence-corrected chi connectivity index (χ0v) is 13.1. The molecule has 118 valence electrons. The van der Waals surface area contributed by atoms with Gasteiger partial charge in [0.25, 0.3) is 0 Å². The molecular formula is C15H18ClN3O3. The van der Waals surface area contributed by atoms with Crippen molar-refractivity contribution in [2.75, 3.05) is 20.2 Å². The quantitative estimate of drug-likeness (QED) is 0.871. The standard InChI is InChI=1S/C15H18ClN3O3/c1-22-14(20)9-18-13-8-10(16)2-3-12(13)19(15(18)21)11-4-6-17-7-5-11/h2-3,8,11,17H,4-7,9H2,1H3. The lowest BCUT2D eigenvalue weighted by Crippen LogP contribution is -2.35. The number of halogens is 1. The fourth-order valence-corrected chi connectivity index (χ4v) is 3.18. The molecule has 1 N–H and O–H groups in total. The molecule has 0 amide bonds. The van der Waals surface area contributed by atoms with Crippen LogP contribution in [0.1, 0.15) is 18.9 Å². The van der Waals surface area contributed by atoms with E-state index in [-0.39, 0.29) is 18.3 Å². The number of benzene rings is 1. The molecule has 0 unspecified atom stereocenters. The predicted octanol–water partition coefficient (Wildman–Crippen LogP) is 1.55. The Morgan fingerprint density at radius 3 is 2.77 bits per heavy atom. The number of ether oxygens (including phenoxy) is 1. The number of esters is 1. The van der Waals surface area contributed by atoms with Gasteiger partial charge in [0, 0.05) is 11.1 Å². The molecule has 0 spiro atoms. The van der Waals surface area contributed by atoms with Crippen LogP contribution in [0.5, 0.6) is 0 Å². The van der Waals surface area contributed by atoms with Crippen molar-refractivity contribution in [2.24, 2.45) is 0 Å². The van der Waals surface area contributed by atoms with E-state index in [9.17, 15) is 9.59 Å². The molecule has 1 saturated heterocycles. The lowest BCUT2D eigenvalue weighted by atomic mass is 10.1. The molecule has 7 heteroatoms. The van der Waals surface area contributed by atoms with Crippen LogP contribution in [0.25, 0.3) is 11.0 Å². The third kappa shape index (κ3) is 2.64. The highest BCUT2D eigenvalue weighted by Gasteiger charge is 2.23. The van der Waals surface area contributed by atoms with Crippen molar-refractivity contribution in [3.05, 3.63) is 33.7 Å². The van der Waals surface area contributed by atoms with Gasteiger partial charge in [0.2, 0.25) is 0 Å². The predicted molar refractivity (Wildman–Crippen MR) is 84.4 cm³/mol. The van der Waals surface area contributed by atoms with Crippen molar-refractivity contribution >= 4 is 28.6 Å². The van der Waals surface area contributed by atoms with Crippen LogP contribution in [0.3, 0.4) is 0 Å². The molecule has 1 fully saturated rings. The van der Waals surface area contributed by atoms with Gasteiger partial charge in [-0.2, -0.15) is 0 Å². The van der Waals surface area contributed by atoms with E-state index >= 15 is 0 Å². The molecule has 0 radical (unpaired) electrons. The Bertz CT molecular complexity index is 759. The highest BCUT2D eigenvalue weighted by molar-refractivity contribution is 6.31. The first-order chi connectivity index (χ1) is 10.6. The van der Waals surface area contributed by atoms with Crippen molar-refractivity contribution in [3.63, 3.8) is 0 Å². The lowest BCUT2D eigenvalue weighted by molar-refractivity contribution is -0.141. The van der Waals surface area contributed by atoms with Gasteiger partial charge in [0.05, 0.1) is 18.1 Å². The number of aromatic nitrogens is 2. The SMILES string of the molecule is COC(=O)Cn1c(=O)n(C2CCNCC2)c2ccc(Cl)cc21. The van der Waals surface area contributed by atoms with Gasteiger partial charge in [0.15, 0.2) is 0 Å². The topological polar surface area (TPSA) is 65.3 Å². The van der Waals surface area contributed by atoms with Gasteiger partial charge in [-0.15, -0.1) is 0 Å². The number of nitrogens with one attached hydrogen (secondary N) is 1. The van der Waals surface area contributed by atoms with E-state index in [4.69, 9.17) is 16.3 Å². The van der Waals surface area contributed by atoms with Crippen LogP contribution in [-0.4, -0.2) is 35.3 Å². The van der Waals surface area contributed by atoms with E-state index in [1.54, 1.807) is 16.7 Å². The van der Waals surface area contributed by atoms with Crippen molar-refractivity contribution in [1.82, 2.24) is 14.5 Å². The van der Waals surface area contributed by atoms with Gasteiger partial charge in [-0.3, -0.25) is 13.9 Å². The Labute approximate surface area is 132 Å². The maximum absolute atomic E-state index is 12.8. The Morgan fingerprint density at radius 1 is 1.36 bits per heavy atom. The summed E-state index contributed by atoms with van der Waals surface area (Å²) in [6.07, 6.45) is 1.78. The van der Waals surface area contributed by atoms with Crippen LogP contribution in [0.15, 0.2) is 23.0 Å². The van der Waals surface area contributed by atoms with Crippen LogP contribution in [0, 0.1) is 0 Å². The normalized spacial score (nSPS) is 16.1. The van der Waals surface area contributed by atoms with Crippen LogP contribution in [0.2, 0.25) is 5.02 Å². The zero-order chi connectivity index (χ0) is 15.7. The molecule has 22 heavy (non-hydrogen) atoms. The average Bonchev–Trinajstić information content (AvgIpc) is 2.80. The van der Waals surface area contributed by atoms with Crippen molar-refractivity contribution in [3.8, 4) is 0 Å². The number of rotatable bonds is 3. The molecule has 0 atom stereocenters. The highest BCUT2D eigenvalue weighted by Crippen LogP contribution is 2.25. The lowest BCUT2D eigenvalue weighted by Gasteiger charge is -2.23. The first-order valence-electron chi connectivity index (χ1n) is 7.29. The molecule has 2 heterocycles. The largest absolute Gasteiger partial charge is 0.468 e. The number of carbonyl (C=O) groups excluding carboxylic acids is 1. The van der Waals surface area contributed by atoms with Gasteiger partial charge in [-0.25, -0.2) is 4.79 Å². The summed E-state index contributed by atoms with van der Waals surface area (Å²) in [5, 5.41) is 3.83. The second-order valence-corrected chi connectivity index (χ2v) is 5.87. The van der Waals surface area contributed by atoms with E-state index < -0.39 is 5.97 Å². The molecule has 1 aromatic carbocycles. The average molecular weight is 324 g/mol. The summed E-state index contributed by atoms with van der Waals surface area (Å²) < 4.78 is 7.92. The van der Waals surface area contributed by atoms with Crippen molar-refractivity contribution in [1.29, 1.82) is 0 Å². The number of piperidine rings is 1. The minimum atomic E-state index is -0.452. The van der Waals surface area contributed by atoms with E-state index in [1.165, 1.54) is 11.7 Å². The van der Waals surface area contributed by atoms with Gasteiger partial charge in [0.1, 0.15) is 6.54 Å². The second kappa shape index (κ2) is 6.14. The molecule has 0 bridgehead atoms. The van der Waals surface area contributed by atoms with Crippen molar-refractivity contribution in [2.45, 2.75) is 25.4 Å². The van der Waals surface area contributed by atoms with Crippen molar-refractivity contribution < 1.29 is 9.53 Å². The number of hydrogen-bond donors (Lipinski definition) is 1. The second-order valence-electron chi connectivity index (χ2n) is 5.43. The fourth-order valence-electron chi connectivity index (χ4n) is 3.02. The van der Waals surface area contributed by atoms with E-state index in [0.717, 1.165) is 31.4 Å². The van der Waals surface area contributed by atoms with Crippen LogP contribution >= 0.6 is 11.6 Å². The summed E-state index contributed by atoms with van der Waals surface area (Å²) in [4.78, 5) is 24.4. The molecular weight excluding hydrogens is 306 g/mol. The summed E-state index contributed by atoms with van der Waals surface area (Å²) in [6.45, 7) is 1.66. The zero-order valence-electron chi connectivity index (χ0n) is 12.3. The monoisotopic (exact) mass is 323 g/mol. The molecule has 6 nitrogen and oxygen atoms in total. The smallest absolute Gasteiger partial charge is 0.329 e. The number of imidazole rings is 1. The third-order valence-electron chi connectivity index (χ3n) is 4.11. The molecule has 0 saturated carbocycles. The fraction of sp³-hybridized carbons (Fsp3) is 0.467. The molecule has 0 aliphatic carbocycles. The first kappa shape index (κ1) is 15.1. The Kier molecular flexibility index (Phi) is 4.22. The molecule has 2 aromatic rings. The number of nitrogens with zero attached hydrogens (tertiary/aromatic N) is 2. The highest BCUT2D eigenvalue weighted by atomic mass is 35.5. The maximum Gasteiger partial charge on any atom is 0.329 e. The number of methoxy groups -OCH3 is 1. The summed E-state index contributed by atoms with van der Waals surface area (Å²) in [5.41, 5.74) is 1.29. The molecule has 1 aliphatic heterocycles. The first-order valence-corrected chi connectivity index (χ1v) is 7.67. The third-order valence-corrected chi connectivity index (χ3v) is 4.35. The summed E-state index contributed by atoms with van der Waals surface area (Å²) in [6, 6.07) is 5.47. The van der Waals surface area contributed by atoms with Gasteiger partial charge < -0.3 is 10.1 Å². The van der Waals surface area contributed by atoms with Gasteiger partial charge in [-0.1, -0.05) is 11.6 Å². The van der Waals surface area contributed by atoms with E-state index in [0.29, 0.717) is 10.5 Å². The summed E-state index contributed by atoms with van der Waals surface area (Å²) in [7, 11) is 1.31. The summed E-state index contributed by atoms with van der Waals surface area (Å²) >= 11 is 6.06. The Morgan fingerprint density at radius 2 is 2.09 bits per heavy atom. The minimum absolute atomic E-state index is 0.107. The van der Waals surface area contributed by atoms with E-state index in [1.807, 2.05) is 6.07 Å². The van der Waals surface area contributed by atoms with Gasteiger partial charge in [-0.05, 0) is 44.1 Å². The summed E-state index contributed by atoms with van der Waals surface area (Å²) in [5.74, 6) is -0.452. The minimum Gasteiger partial charge on any atom is -0.468 e. The number of fused-ring (bicyclic) bond motifs is 1. The van der Waals surface area contributed by atoms with Crippen LogP contribution in [-0.2, 0) is 16.1 Å². The number of carbonyl (C=O) groups is 1. The molecule has 1 aromatic heterocycles. The maximum atomic E-state index is 12.8. The van der Waals surface area contributed by atoms with Crippen LogP contribution < -0.4 is 11.0 Å². The van der Waals surface area contributed by atoms with Crippen LogP contribution in [0.4, 0.5) is 0 Å².